The molecule has 0 spiro atoms. The smallest absolute Gasteiger partial charge is 0.269 e. The summed E-state index contributed by atoms with van der Waals surface area (Å²) in [5, 5.41) is 16.3. The zero-order valence-corrected chi connectivity index (χ0v) is 15.9. The van der Waals surface area contributed by atoms with Gasteiger partial charge in [-0.15, -0.1) is 11.3 Å². The van der Waals surface area contributed by atoms with E-state index in [9.17, 15) is 14.9 Å². The molecule has 4 rings (SSSR count). The van der Waals surface area contributed by atoms with E-state index >= 15 is 0 Å². The summed E-state index contributed by atoms with van der Waals surface area (Å²) in [5.41, 5.74) is 2.08. The fourth-order valence-electron chi connectivity index (χ4n) is 4.34. The van der Waals surface area contributed by atoms with Gasteiger partial charge in [-0.1, -0.05) is 6.07 Å². The largest absolute Gasteiger partial charge is 0.368 e. The van der Waals surface area contributed by atoms with E-state index in [1.54, 1.807) is 23.5 Å². The molecular formula is C20H23N3O3S. The molecule has 7 heteroatoms. The van der Waals surface area contributed by atoms with Crippen molar-refractivity contribution < 1.29 is 9.72 Å². The van der Waals surface area contributed by atoms with Crippen molar-refractivity contribution in [2.45, 2.75) is 38.1 Å². The van der Waals surface area contributed by atoms with Crippen LogP contribution in [0.2, 0.25) is 0 Å². The van der Waals surface area contributed by atoms with Crippen LogP contribution in [0.15, 0.2) is 35.7 Å². The van der Waals surface area contributed by atoms with E-state index in [-0.39, 0.29) is 28.5 Å². The van der Waals surface area contributed by atoms with Crippen molar-refractivity contribution >= 4 is 28.6 Å². The van der Waals surface area contributed by atoms with Crippen LogP contribution in [0, 0.1) is 16.0 Å². The number of hydrogen-bond donors (Lipinski definition) is 1. The second kappa shape index (κ2) is 7.68. The minimum Gasteiger partial charge on any atom is -0.368 e. The highest BCUT2D eigenvalue weighted by atomic mass is 32.1. The summed E-state index contributed by atoms with van der Waals surface area (Å²) < 4.78 is 0. The Morgan fingerprint density at radius 2 is 2.22 bits per heavy atom. The summed E-state index contributed by atoms with van der Waals surface area (Å²) >= 11 is 1.70. The van der Waals surface area contributed by atoms with Gasteiger partial charge >= 0.3 is 0 Å². The highest BCUT2D eigenvalue weighted by molar-refractivity contribution is 7.09. The second-order valence-corrected chi connectivity index (χ2v) is 8.29. The van der Waals surface area contributed by atoms with Crippen LogP contribution in [-0.4, -0.2) is 30.0 Å². The van der Waals surface area contributed by atoms with Crippen LogP contribution in [0.1, 0.15) is 29.7 Å². The summed E-state index contributed by atoms with van der Waals surface area (Å²) in [6.45, 7) is 1.54. The SMILES string of the molecule is O=C(NCCc1cccs1)[C@H]1Cc2cc([N+](=O)[O-])ccc2N2CCCC[C@H]12. The van der Waals surface area contributed by atoms with Crippen molar-refractivity contribution in [1.82, 2.24) is 5.32 Å². The lowest BCUT2D eigenvalue weighted by molar-refractivity contribution is -0.384. The first-order chi connectivity index (χ1) is 13.1. The first kappa shape index (κ1) is 18.0. The third-order valence-electron chi connectivity index (χ3n) is 5.62. The van der Waals surface area contributed by atoms with E-state index in [1.165, 1.54) is 4.88 Å². The topological polar surface area (TPSA) is 75.5 Å². The third-order valence-corrected chi connectivity index (χ3v) is 6.56. The van der Waals surface area contributed by atoms with Crippen molar-refractivity contribution in [1.29, 1.82) is 0 Å². The molecule has 27 heavy (non-hydrogen) atoms. The number of thiophene rings is 1. The maximum Gasteiger partial charge on any atom is 0.269 e. The Morgan fingerprint density at radius 3 is 3.00 bits per heavy atom. The highest BCUT2D eigenvalue weighted by Crippen LogP contribution is 2.39. The van der Waals surface area contributed by atoms with Gasteiger partial charge in [0.25, 0.3) is 5.69 Å². The number of benzene rings is 1. The van der Waals surface area contributed by atoms with Gasteiger partial charge in [-0.2, -0.15) is 0 Å². The Hall–Kier alpha value is -2.41. The molecule has 1 aromatic heterocycles. The molecule has 2 aliphatic heterocycles. The van der Waals surface area contributed by atoms with Crippen molar-refractivity contribution in [2.75, 3.05) is 18.0 Å². The van der Waals surface area contributed by atoms with Crippen LogP contribution in [0.3, 0.4) is 0 Å². The van der Waals surface area contributed by atoms with Gasteiger partial charge in [0.2, 0.25) is 5.91 Å². The normalized spacial score (nSPS) is 21.3. The van der Waals surface area contributed by atoms with Gasteiger partial charge in [0, 0.05) is 41.8 Å². The average molecular weight is 385 g/mol. The zero-order chi connectivity index (χ0) is 18.8. The van der Waals surface area contributed by atoms with Crippen LogP contribution >= 0.6 is 11.3 Å². The number of fused-ring (bicyclic) bond motifs is 3. The van der Waals surface area contributed by atoms with Crippen LogP contribution < -0.4 is 10.2 Å². The molecule has 2 aromatic rings. The third kappa shape index (κ3) is 3.69. The molecule has 1 aromatic carbocycles. The Balaban J connectivity index is 1.52. The first-order valence-electron chi connectivity index (χ1n) is 9.47. The summed E-state index contributed by atoms with van der Waals surface area (Å²) in [5.74, 6) is -0.0799. The molecule has 0 unspecified atom stereocenters. The predicted octanol–water partition coefficient (Wildman–Crippen LogP) is 3.55. The molecule has 0 saturated carbocycles. The van der Waals surface area contributed by atoms with E-state index in [1.807, 2.05) is 17.5 Å². The quantitative estimate of drug-likeness (QED) is 0.631. The summed E-state index contributed by atoms with van der Waals surface area (Å²) in [6.07, 6.45) is 4.64. The minimum absolute atomic E-state index is 0.0700. The van der Waals surface area contributed by atoms with Crippen molar-refractivity contribution in [3.05, 3.63) is 56.3 Å². The Kier molecular flexibility index (Phi) is 5.11. The molecule has 3 heterocycles. The van der Waals surface area contributed by atoms with Gasteiger partial charge in [0.05, 0.1) is 10.8 Å². The van der Waals surface area contributed by atoms with Crippen molar-refractivity contribution in [2.24, 2.45) is 5.92 Å². The average Bonchev–Trinajstić information content (AvgIpc) is 3.20. The molecule has 0 aliphatic carbocycles. The van der Waals surface area contributed by atoms with E-state index in [4.69, 9.17) is 0 Å². The number of nitro groups is 1. The molecule has 1 N–H and O–H groups in total. The van der Waals surface area contributed by atoms with Gasteiger partial charge in [0.15, 0.2) is 0 Å². The highest BCUT2D eigenvalue weighted by Gasteiger charge is 2.39. The van der Waals surface area contributed by atoms with E-state index in [0.717, 1.165) is 43.5 Å². The molecule has 1 amide bonds. The van der Waals surface area contributed by atoms with E-state index in [2.05, 4.69) is 16.3 Å². The molecule has 0 bridgehead atoms. The van der Waals surface area contributed by atoms with Gasteiger partial charge in [-0.25, -0.2) is 0 Å². The number of amides is 1. The lowest BCUT2D eigenvalue weighted by Crippen LogP contribution is -2.53. The Morgan fingerprint density at radius 1 is 1.33 bits per heavy atom. The maximum absolute atomic E-state index is 12.9. The summed E-state index contributed by atoms with van der Waals surface area (Å²) in [7, 11) is 0. The molecule has 142 valence electrons. The molecule has 2 atom stereocenters. The maximum atomic E-state index is 12.9. The molecule has 0 radical (unpaired) electrons. The van der Waals surface area contributed by atoms with Crippen LogP contribution in [0.5, 0.6) is 0 Å². The van der Waals surface area contributed by atoms with Crippen molar-refractivity contribution in [3.8, 4) is 0 Å². The minimum atomic E-state index is -0.362. The Labute approximate surface area is 162 Å². The Bertz CT molecular complexity index is 837. The van der Waals surface area contributed by atoms with E-state index in [0.29, 0.717) is 13.0 Å². The number of piperidine rings is 1. The number of carbonyl (C=O) groups is 1. The number of non-ortho nitro benzene ring substituents is 1. The number of anilines is 1. The van der Waals surface area contributed by atoms with Gasteiger partial charge in [-0.3, -0.25) is 14.9 Å². The predicted molar refractivity (Wildman–Crippen MR) is 106 cm³/mol. The number of rotatable bonds is 5. The summed E-state index contributed by atoms with van der Waals surface area (Å²) in [4.78, 5) is 27.3. The number of carbonyl (C=O) groups excluding carboxylic acids is 1. The summed E-state index contributed by atoms with van der Waals surface area (Å²) in [6, 6.07) is 9.37. The van der Waals surface area contributed by atoms with Crippen molar-refractivity contribution in [3.63, 3.8) is 0 Å². The lowest BCUT2D eigenvalue weighted by Gasteiger charge is -2.45. The monoisotopic (exact) mass is 385 g/mol. The van der Waals surface area contributed by atoms with Gasteiger partial charge < -0.3 is 10.2 Å². The molecular weight excluding hydrogens is 362 g/mol. The first-order valence-corrected chi connectivity index (χ1v) is 10.4. The molecule has 2 aliphatic rings. The van der Waals surface area contributed by atoms with Gasteiger partial charge in [0.1, 0.15) is 0 Å². The second-order valence-electron chi connectivity index (χ2n) is 7.26. The lowest BCUT2D eigenvalue weighted by atomic mass is 9.80. The van der Waals surface area contributed by atoms with Crippen LogP contribution in [-0.2, 0) is 17.6 Å². The fraction of sp³-hybridized carbons (Fsp3) is 0.450. The molecule has 6 nitrogen and oxygen atoms in total. The number of hydrogen-bond acceptors (Lipinski definition) is 5. The fourth-order valence-corrected chi connectivity index (χ4v) is 5.05. The molecule has 1 fully saturated rings. The van der Waals surface area contributed by atoms with E-state index < -0.39 is 0 Å². The standard InChI is InChI=1S/C20H23N3O3S/c24-20(21-9-8-16-4-3-11-27-16)17-13-14-12-15(23(25)26)6-7-18(14)22-10-2-1-5-19(17)22/h3-4,6-7,11-12,17,19H,1-2,5,8-10,13H2,(H,21,24)/t17-,19+/m0/s1. The zero-order valence-electron chi connectivity index (χ0n) is 15.1. The number of nitrogens with one attached hydrogen (secondary N) is 1. The molecule has 1 saturated heterocycles. The van der Waals surface area contributed by atoms with Gasteiger partial charge in [-0.05, 0) is 55.2 Å². The van der Waals surface area contributed by atoms with Crippen LogP contribution in [0.4, 0.5) is 11.4 Å². The number of nitro benzene ring substituents is 1. The van der Waals surface area contributed by atoms with Crippen LogP contribution in [0.25, 0.3) is 0 Å². The number of nitrogens with zero attached hydrogens (tertiary/aromatic N) is 2.